The van der Waals surface area contributed by atoms with Gasteiger partial charge >= 0.3 is 0 Å². The van der Waals surface area contributed by atoms with Crippen molar-refractivity contribution in [1.82, 2.24) is 4.98 Å². The highest BCUT2D eigenvalue weighted by atomic mass is 15.0. The van der Waals surface area contributed by atoms with E-state index >= 15 is 0 Å². The van der Waals surface area contributed by atoms with Crippen LogP contribution in [0.1, 0.15) is 38.2 Å². The van der Waals surface area contributed by atoms with Gasteiger partial charge in [-0.1, -0.05) is 38.0 Å². The Kier molecular flexibility index (Phi) is 3.77. The van der Waals surface area contributed by atoms with Gasteiger partial charge in [0, 0.05) is 17.4 Å². The van der Waals surface area contributed by atoms with Gasteiger partial charge in [0.1, 0.15) is 5.69 Å². The SMILES string of the molecule is CCCCCC1=Nc2cnccc2Nc2ccccc21. The maximum absolute atomic E-state index is 4.84. The number of nitrogens with one attached hydrogen (secondary N) is 1. The second kappa shape index (κ2) is 5.87. The van der Waals surface area contributed by atoms with Gasteiger partial charge < -0.3 is 5.32 Å². The summed E-state index contributed by atoms with van der Waals surface area (Å²) in [7, 11) is 0. The standard InChI is InChI=1S/C17H19N3/c1-2-3-4-8-15-13-7-5-6-9-14(13)19-16-10-11-18-12-17(16)20-15/h5-7,9-12,19H,2-4,8H2,1H3. The molecular formula is C17H19N3. The molecule has 0 fully saturated rings. The molecule has 1 aromatic carbocycles. The van der Waals surface area contributed by atoms with Crippen LogP contribution in [-0.2, 0) is 0 Å². The van der Waals surface area contributed by atoms with Crippen LogP contribution in [0.25, 0.3) is 0 Å². The molecule has 0 amide bonds. The summed E-state index contributed by atoms with van der Waals surface area (Å²) >= 11 is 0. The molecule has 0 spiro atoms. The summed E-state index contributed by atoms with van der Waals surface area (Å²) in [5.74, 6) is 0. The van der Waals surface area contributed by atoms with Crippen molar-refractivity contribution in [3.8, 4) is 0 Å². The van der Waals surface area contributed by atoms with E-state index in [9.17, 15) is 0 Å². The largest absolute Gasteiger partial charge is 0.353 e. The fourth-order valence-electron chi connectivity index (χ4n) is 2.51. The monoisotopic (exact) mass is 265 g/mol. The van der Waals surface area contributed by atoms with E-state index in [0.29, 0.717) is 0 Å². The van der Waals surface area contributed by atoms with Crippen LogP contribution in [0.2, 0.25) is 0 Å². The molecule has 0 atom stereocenters. The number of pyridine rings is 1. The van der Waals surface area contributed by atoms with E-state index in [1.165, 1.54) is 24.8 Å². The first-order valence-electron chi connectivity index (χ1n) is 7.26. The number of hydrogen-bond acceptors (Lipinski definition) is 3. The third kappa shape index (κ3) is 2.57. The van der Waals surface area contributed by atoms with Gasteiger partial charge in [-0.3, -0.25) is 4.98 Å². The Morgan fingerprint density at radius 2 is 1.95 bits per heavy atom. The Labute approximate surface area is 119 Å². The van der Waals surface area contributed by atoms with Crippen LogP contribution in [-0.4, -0.2) is 10.7 Å². The molecule has 0 aliphatic carbocycles. The highest BCUT2D eigenvalue weighted by Gasteiger charge is 2.15. The summed E-state index contributed by atoms with van der Waals surface area (Å²) in [6, 6.07) is 10.4. The fourth-order valence-corrected chi connectivity index (χ4v) is 2.51. The van der Waals surface area contributed by atoms with Crippen molar-refractivity contribution in [2.45, 2.75) is 32.6 Å². The molecule has 3 nitrogen and oxygen atoms in total. The molecule has 1 aliphatic heterocycles. The summed E-state index contributed by atoms with van der Waals surface area (Å²) in [6.07, 6.45) is 8.29. The van der Waals surface area contributed by atoms with Gasteiger partial charge in [-0.25, -0.2) is 4.99 Å². The van der Waals surface area contributed by atoms with Gasteiger partial charge in [0.2, 0.25) is 0 Å². The number of nitrogens with zero attached hydrogens (tertiary/aromatic N) is 2. The molecule has 0 radical (unpaired) electrons. The van der Waals surface area contributed by atoms with E-state index in [2.05, 4.69) is 41.5 Å². The van der Waals surface area contributed by atoms with Gasteiger partial charge in [-0.2, -0.15) is 0 Å². The normalized spacial score (nSPS) is 12.8. The smallest absolute Gasteiger partial charge is 0.105 e. The van der Waals surface area contributed by atoms with Crippen LogP contribution in [0.5, 0.6) is 0 Å². The molecule has 1 N–H and O–H groups in total. The van der Waals surface area contributed by atoms with E-state index in [0.717, 1.165) is 29.2 Å². The lowest BCUT2D eigenvalue weighted by atomic mass is 10.0. The molecule has 3 rings (SSSR count). The second-order valence-corrected chi connectivity index (χ2v) is 5.08. The summed E-state index contributed by atoms with van der Waals surface area (Å²) in [6.45, 7) is 2.23. The number of aromatic nitrogens is 1. The summed E-state index contributed by atoms with van der Waals surface area (Å²) in [5, 5.41) is 3.47. The van der Waals surface area contributed by atoms with E-state index in [1.807, 2.05) is 12.3 Å². The first-order valence-corrected chi connectivity index (χ1v) is 7.26. The molecule has 2 aromatic rings. The molecule has 0 bridgehead atoms. The molecule has 2 heterocycles. The Balaban J connectivity index is 2.02. The Morgan fingerprint density at radius 1 is 1.05 bits per heavy atom. The minimum absolute atomic E-state index is 0.926. The van der Waals surface area contributed by atoms with E-state index < -0.39 is 0 Å². The Hall–Kier alpha value is -2.16. The van der Waals surface area contributed by atoms with Crippen molar-refractivity contribution < 1.29 is 0 Å². The zero-order valence-electron chi connectivity index (χ0n) is 11.8. The molecule has 0 saturated heterocycles. The van der Waals surface area contributed by atoms with Crippen LogP contribution in [0, 0.1) is 0 Å². The van der Waals surface area contributed by atoms with Crippen molar-refractivity contribution in [1.29, 1.82) is 0 Å². The van der Waals surface area contributed by atoms with Crippen LogP contribution >= 0.6 is 0 Å². The minimum atomic E-state index is 0.926. The van der Waals surface area contributed by atoms with Crippen molar-refractivity contribution >= 4 is 22.8 Å². The topological polar surface area (TPSA) is 37.3 Å². The number of para-hydroxylation sites is 1. The summed E-state index contributed by atoms with van der Waals surface area (Å²) in [4.78, 5) is 9.03. The maximum Gasteiger partial charge on any atom is 0.105 e. The molecule has 0 saturated carbocycles. The van der Waals surface area contributed by atoms with Crippen molar-refractivity contribution in [3.63, 3.8) is 0 Å². The average Bonchev–Trinajstić information content (AvgIpc) is 2.64. The third-order valence-corrected chi connectivity index (χ3v) is 3.58. The predicted octanol–water partition coefficient (Wildman–Crippen LogP) is 4.84. The molecule has 1 aliphatic rings. The number of hydrogen-bond donors (Lipinski definition) is 1. The van der Waals surface area contributed by atoms with E-state index in [1.54, 1.807) is 6.20 Å². The van der Waals surface area contributed by atoms with Gasteiger partial charge in [0.05, 0.1) is 17.6 Å². The van der Waals surface area contributed by atoms with Crippen LogP contribution in [0.4, 0.5) is 17.1 Å². The van der Waals surface area contributed by atoms with E-state index in [4.69, 9.17) is 4.99 Å². The van der Waals surface area contributed by atoms with Gasteiger partial charge in [0.25, 0.3) is 0 Å². The number of fused-ring (bicyclic) bond motifs is 2. The zero-order chi connectivity index (χ0) is 13.8. The van der Waals surface area contributed by atoms with Crippen LogP contribution in [0.3, 0.4) is 0 Å². The zero-order valence-corrected chi connectivity index (χ0v) is 11.8. The van der Waals surface area contributed by atoms with E-state index in [-0.39, 0.29) is 0 Å². The predicted molar refractivity (Wildman–Crippen MR) is 84.3 cm³/mol. The van der Waals surface area contributed by atoms with Gasteiger partial charge in [0.15, 0.2) is 0 Å². The highest BCUT2D eigenvalue weighted by molar-refractivity contribution is 6.08. The van der Waals surface area contributed by atoms with Crippen LogP contribution in [0.15, 0.2) is 47.7 Å². The molecule has 102 valence electrons. The van der Waals surface area contributed by atoms with Crippen molar-refractivity contribution in [2.24, 2.45) is 4.99 Å². The first-order chi connectivity index (χ1) is 9.88. The highest BCUT2D eigenvalue weighted by Crippen LogP contribution is 2.34. The van der Waals surface area contributed by atoms with Crippen molar-refractivity contribution in [2.75, 3.05) is 5.32 Å². The lowest BCUT2D eigenvalue weighted by Gasteiger charge is -2.10. The fraction of sp³-hybridized carbons (Fsp3) is 0.294. The molecule has 1 aromatic heterocycles. The Morgan fingerprint density at radius 3 is 2.85 bits per heavy atom. The summed E-state index contributed by atoms with van der Waals surface area (Å²) in [5.41, 5.74) is 5.45. The molecule has 0 unspecified atom stereocenters. The quantitative estimate of drug-likeness (QED) is 0.803. The number of rotatable bonds is 4. The van der Waals surface area contributed by atoms with Crippen molar-refractivity contribution in [3.05, 3.63) is 48.3 Å². The molecular weight excluding hydrogens is 246 g/mol. The number of aliphatic imine (C=N–C) groups is 1. The number of unbranched alkanes of at least 4 members (excludes halogenated alkanes) is 2. The lowest BCUT2D eigenvalue weighted by Crippen LogP contribution is -2.02. The molecule has 20 heavy (non-hydrogen) atoms. The first kappa shape index (κ1) is 12.9. The lowest BCUT2D eigenvalue weighted by molar-refractivity contribution is 0.742. The maximum atomic E-state index is 4.84. The van der Waals surface area contributed by atoms with Crippen LogP contribution < -0.4 is 5.32 Å². The minimum Gasteiger partial charge on any atom is -0.353 e. The number of anilines is 2. The average molecular weight is 265 g/mol. The molecule has 3 heteroatoms. The number of benzene rings is 1. The van der Waals surface area contributed by atoms with Gasteiger partial charge in [-0.15, -0.1) is 0 Å². The second-order valence-electron chi connectivity index (χ2n) is 5.08. The van der Waals surface area contributed by atoms with Gasteiger partial charge in [-0.05, 0) is 25.0 Å². The Bertz CT molecular complexity index is 632. The third-order valence-electron chi connectivity index (χ3n) is 3.58. The summed E-state index contributed by atoms with van der Waals surface area (Å²) < 4.78 is 0.